The molecule has 0 fully saturated rings. The Labute approximate surface area is 188 Å². The Bertz CT molecular complexity index is 1050. The van der Waals surface area contributed by atoms with Crippen LogP contribution in [0.15, 0.2) is 54.9 Å². The number of phenolic OH excluding ortho intramolecular Hbond substituents is 1. The number of carbonyl (C=O) groups excluding carboxylic acids is 1. The average Bonchev–Trinajstić information content (AvgIpc) is 2.83. The molecule has 0 saturated carbocycles. The van der Waals surface area contributed by atoms with Crippen molar-refractivity contribution in [1.82, 2.24) is 9.97 Å². The molecular weight excluding hydrogens is 406 g/mol. The molecule has 0 aliphatic carbocycles. The van der Waals surface area contributed by atoms with Crippen molar-refractivity contribution in [3.8, 4) is 22.8 Å². The summed E-state index contributed by atoms with van der Waals surface area (Å²) in [4.78, 5) is 21.3. The van der Waals surface area contributed by atoms with Gasteiger partial charge in [0.15, 0.2) is 11.5 Å². The van der Waals surface area contributed by atoms with Gasteiger partial charge in [0.05, 0.1) is 43.4 Å². The lowest BCUT2D eigenvalue weighted by Gasteiger charge is -2.20. The second kappa shape index (κ2) is 11.1. The summed E-state index contributed by atoms with van der Waals surface area (Å²) in [7, 11) is 1.50. The summed E-state index contributed by atoms with van der Waals surface area (Å²) in [6.45, 7) is 4.48. The molecule has 7 heteroatoms. The predicted molar refractivity (Wildman–Crippen MR) is 124 cm³/mol. The smallest absolute Gasteiger partial charge is 0.338 e. The van der Waals surface area contributed by atoms with Gasteiger partial charge in [0.25, 0.3) is 0 Å². The van der Waals surface area contributed by atoms with Crippen LogP contribution >= 0.6 is 0 Å². The molecule has 7 nitrogen and oxygen atoms in total. The Balaban J connectivity index is 1.84. The normalized spacial score (nSPS) is 11.6. The second-order valence-electron chi connectivity index (χ2n) is 7.42. The van der Waals surface area contributed by atoms with E-state index in [2.05, 4.69) is 17.2 Å². The fourth-order valence-corrected chi connectivity index (χ4v) is 3.36. The standard InChI is InChI=1S/C25H29N3O4/c1-4-7-20(17-8-6-9-19(13-17)25(30)32-12-5-2)27-24-16-26-15-21(28-24)18-10-11-22(29)23(14-18)31-3/h6,8-11,13-16,20,29H,4-5,7,12H2,1-3H3,(H,27,28). The molecule has 32 heavy (non-hydrogen) atoms. The average molecular weight is 436 g/mol. The number of aromatic nitrogens is 2. The Morgan fingerprint density at radius 3 is 2.72 bits per heavy atom. The zero-order valence-corrected chi connectivity index (χ0v) is 18.7. The van der Waals surface area contributed by atoms with Crippen LogP contribution in [0.2, 0.25) is 0 Å². The topological polar surface area (TPSA) is 93.6 Å². The van der Waals surface area contributed by atoms with Crippen LogP contribution < -0.4 is 10.1 Å². The maximum absolute atomic E-state index is 12.3. The van der Waals surface area contributed by atoms with Crippen LogP contribution in [-0.2, 0) is 4.74 Å². The zero-order chi connectivity index (χ0) is 22.9. The molecule has 1 atom stereocenters. The molecule has 0 bridgehead atoms. The number of methoxy groups -OCH3 is 1. The lowest BCUT2D eigenvalue weighted by Crippen LogP contribution is -2.13. The number of benzene rings is 2. The molecule has 1 unspecified atom stereocenters. The highest BCUT2D eigenvalue weighted by atomic mass is 16.5. The molecule has 3 aromatic rings. The molecule has 2 aromatic carbocycles. The number of hydrogen-bond donors (Lipinski definition) is 2. The number of hydrogen-bond acceptors (Lipinski definition) is 7. The van der Waals surface area contributed by atoms with Crippen LogP contribution in [0.1, 0.15) is 55.1 Å². The van der Waals surface area contributed by atoms with Crippen LogP contribution in [0, 0.1) is 0 Å². The number of rotatable bonds is 10. The lowest BCUT2D eigenvalue weighted by atomic mass is 10.00. The first-order valence-corrected chi connectivity index (χ1v) is 10.8. The van der Waals surface area contributed by atoms with Gasteiger partial charge in [0.1, 0.15) is 5.82 Å². The van der Waals surface area contributed by atoms with Crippen molar-refractivity contribution in [3.05, 3.63) is 66.0 Å². The van der Waals surface area contributed by atoms with E-state index in [-0.39, 0.29) is 17.8 Å². The molecule has 3 rings (SSSR count). The van der Waals surface area contributed by atoms with Gasteiger partial charge in [-0.25, -0.2) is 9.78 Å². The van der Waals surface area contributed by atoms with Gasteiger partial charge in [-0.3, -0.25) is 4.98 Å². The SMILES string of the molecule is CCCOC(=O)c1cccc(C(CCC)Nc2cncc(-c3ccc(O)c(OC)c3)n2)c1. The number of ether oxygens (including phenoxy) is 2. The van der Waals surface area contributed by atoms with Gasteiger partial charge in [0.2, 0.25) is 0 Å². The molecule has 1 aromatic heterocycles. The van der Waals surface area contributed by atoms with Crippen molar-refractivity contribution in [3.63, 3.8) is 0 Å². The third kappa shape index (κ3) is 5.75. The minimum Gasteiger partial charge on any atom is -0.504 e. The van der Waals surface area contributed by atoms with Gasteiger partial charge in [-0.15, -0.1) is 0 Å². The van der Waals surface area contributed by atoms with Gasteiger partial charge >= 0.3 is 5.97 Å². The van der Waals surface area contributed by atoms with E-state index >= 15 is 0 Å². The van der Waals surface area contributed by atoms with E-state index in [0.717, 1.165) is 30.4 Å². The minimum atomic E-state index is -0.313. The predicted octanol–water partition coefficient (Wildman–Crippen LogP) is 5.38. The van der Waals surface area contributed by atoms with E-state index in [1.54, 1.807) is 36.7 Å². The monoisotopic (exact) mass is 435 g/mol. The summed E-state index contributed by atoms with van der Waals surface area (Å²) in [6.07, 6.45) is 5.92. The summed E-state index contributed by atoms with van der Waals surface area (Å²) in [5.41, 5.74) is 2.95. The first kappa shape index (κ1) is 23.1. The molecule has 0 aliphatic rings. The van der Waals surface area contributed by atoms with Crippen molar-refractivity contribution in [2.45, 2.75) is 39.2 Å². The third-order valence-electron chi connectivity index (χ3n) is 4.97. The molecular formula is C25H29N3O4. The van der Waals surface area contributed by atoms with E-state index in [9.17, 15) is 9.90 Å². The molecule has 0 spiro atoms. The number of carbonyl (C=O) groups is 1. The summed E-state index contributed by atoms with van der Waals surface area (Å²) in [5, 5.41) is 13.3. The summed E-state index contributed by atoms with van der Waals surface area (Å²) >= 11 is 0. The maximum atomic E-state index is 12.3. The molecule has 0 saturated heterocycles. The number of esters is 1. The summed E-state index contributed by atoms with van der Waals surface area (Å²) < 4.78 is 10.5. The van der Waals surface area contributed by atoms with E-state index in [1.165, 1.54) is 7.11 Å². The van der Waals surface area contributed by atoms with Crippen molar-refractivity contribution < 1.29 is 19.4 Å². The third-order valence-corrected chi connectivity index (χ3v) is 4.97. The van der Waals surface area contributed by atoms with Crippen LogP contribution in [0.25, 0.3) is 11.3 Å². The van der Waals surface area contributed by atoms with Crippen LogP contribution in [-0.4, -0.2) is 34.8 Å². The molecule has 0 amide bonds. The van der Waals surface area contributed by atoms with Gasteiger partial charge in [-0.1, -0.05) is 32.4 Å². The Kier molecular flexibility index (Phi) is 8.02. The van der Waals surface area contributed by atoms with Crippen LogP contribution in [0.3, 0.4) is 0 Å². The molecule has 1 heterocycles. The Hall–Kier alpha value is -3.61. The highest BCUT2D eigenvalue weighted by Crippen LogP contribution is 2.31. The second-order valence-corrected chi connectivity index (χ2v) is 7.42. The highest BCUT2D eigenvalue weighted by Gasteiger charge is 2.15. The summed E-state index contributed by atoms with van der Waals surface area (Å²) in [5.74, 6) is 0.746. The zero-order valence-electron chi connectivity index (χ0n) is 18.7. The van der Waals surface area contributed by atoms with Crippen molar-refractivity contribution >= 4 is 11.8 Å². The Morgan fingerprint density at radius 1 is 1.12 bits per heavy atom. The fourth-order valence-electron chi connectivity index (χ4n) is 3.36. The van der Waals surface area contributed by atoms with E-state index < -0.39 is 0 Å². The number of nitrogens with zero attached hydrogens (tertiary/aromatic N) is 2. The number of anilines is 1. The van der Waals surface area contributed by atoms with Crippen molar-refractivity contribution in [1.29, 1.82) is 0 Å². The minimum absolute atomic E-state index is 0.0437. The first-order valence-electron chi connectivity index (χ1n) is 10.8. The quantitative estimate of drug-likeness (QED) is 0.413. The van der Waals surface area contributed by atoms with Gasteiger partial charge < -0.3 is 19.9 Å². The fraction of sp³-hybridized carbons (Fsp3) is 0.320. The van der Waals surface area contributed by atoms with Crippen molar-refractivity contribution in [2.75, 3.05) is 19.0 Å². The first-order chi connectivity index (χ1) is 15.5. The Morgan fingerprint density at radius 2 is 1.97 bits per heavy atom. The number of aromatic hydroxyl groups is 1. The molecule has 168 valence electrons. The van der Waals surface area contributed by atoms with Crippen LogP contribution in [0.4, 0.5) is 5.82 Å². The van der Waals surface area contributed by atoms with E-state index in [1.807, 2.05) is 25.1 Å². The number of phenols is 1. The number of nitrogens with one attached hydrogen (secondary N) is 1. The molecule has 0 aliphatic heterocycles. The lowest BCUT2D eigenvalue weighted by molar-refractivity contribution is 0.0505. The van der Waals surface area contributed by atoms with Gasteiger partial charge in [-0.05, 0) is 48.7 Å². The van der Waals surface area contributed by atoms with E-state index in [0.29, 0.717) is 29.4 Å². The highest BCUT2D eigenvalue weighted by molar-refractivity contribution is 5.89. The maximum Gasteiger partial charge on any atom is 0.338 e. The van der Waals surface area contributed by atoms with Gasteiger partial charge in [-0.2, -0.15) is 0 Å². The van der Waals surface area contributed by atoms with E-state index in [4.69, 9.17) is 14.5 Å². The van der Waals surface area contributed by atoms with Crippen molar-refractivity contribution in [2.24, 2.45) is 0 Å². The van der Waals surface area contributed by atoms with Crippen LogP contribution in [0.5, 0.6) is 11.5 Å². The largest absolute Gasteiger partial charge is 0.504 e. The molecule has 2 N–H and O–H groups in total. The van der Waals surface area contributed by atoms with Gasteiger partial charge in [0, 0.05) is 5.56 Å². The molecule has 0 radical (unpaired) electrons. The summed E-state index contributed by atoms with van der Waals surface area (Å²) in [6, 6.07) is 12.5.